The van der Waals surface area contributed by atoms with Gasteiger partial charge >= 0.3 is 0 Å². The molecule has 0 saturated carbocycles. The summed E-state index contributed by atoms with van der Waals surface area (Å²) in [5, 5.41) is 2.07. The minimum atomic E-state index is -2.10. The van der Waals surface area contributed by atoms with E-state index in [1.807, 2.05) is 0 Å². The van der Waals surface area contributed by atoms with Gasteiger partial charge in [0.15, 0.2) is 0 Å². The number of hydrogen-bond acceptors (Lipinski definition) is 6. The molecule has 3 aliphatic heterocycles. The smallest absolute Gasteiger partial charge is 0.255 e. The summed E-state index contributed by atoms with van der Waals surface area (Å²) in [5.74, 6) is -3.02. The first kappa shape index (κ1) is 18.1. The molecule has 2 aromatic rings. The van der Waals surface area contributed by atoms with E-state index >= 15 is 0 Å². The third-order valence-electron chi connectivity index (χ3n) is 6.14. The number of rotatable bonds is 6. The van der Waals surface area contributed by atoms with Crippen LogP contribution >= 0.6 is 0 Å². The van der Waals surface area contributed by atoms with Crippen molar-refractivity contribution < 1.29 is 33.7 Å². The van der Waals surface area contributed by atoms with Gasteiger partial charge in [-0.25, -0.2) is 4.39 Å². The second-order valence-corrected chi connectivity index (χ2v) is 8.38. The molecule has 0 aromatic heterocycles. The van der Waals surface area contributed by atoms with E-state index in [2.05, 4.69) is 10.2 Å². The van der Waals surface area contributed by atoms with Crippen molar-refractivity contribution in [2.45, 2.75) is 38.6 Å². The van der Waals surface area contributed by atoms with E-state index in [9.17, 15) is 18.8 Å². The van der Waals surface area contributed by atoms with Gasteiger partial charge in [0.25, 0.3) is 5.91 Å². The molecule has 0 spiro atoms. The first-order valence-corrected chi connectivity index (χ1v) is 11.1. The van der Waals surface area contributed by atoms with Crippen LogP contribution in [0, 0.1) is 5.82 Å². The average molecular weight is 472 g/mol. The predicted molar refractivity (Wildman–Crippen MR) is 119 cm³/mol. The number of benzene rings is 2. The van der Waals surface area contributed by atoms with Crippen molar-refractivity contribution in [2.24, 2.45) is 0 Å². The zero-order valence-electron chi connectivity index (χ0n) is 22.4. The number of carbonyl (C=O) groups excluding carboxylic acids is 3. The Bertz CT molecular complexity index is 1340. The van der Waals surface area contributed by atoms with Crippen LogP contribution in [0.2, 0.25) is 0 Å². The largest absolute Gasteiger partial charge is 0.488 e. The molecule has 0 radical (unpaired) electrons. The molecule has 8 nitrogen and oxygen atoms in total. The lowest BCUT2D eigenvalue weighted by molar-refractivity contribution is -0.136. The van der Waals surface area contributed by atoms with Gasteiger partial charge in [0.2, 0.25) is 11.8 Å². The Morgan fingerprint density at radius 3 is 2.82 bits per heavy atom. The van der Waals surface area contributed by atoms with Crippen molar-refractivity contribution in [2.75, 3.05) is 26.3 Å². The van der Waals surface area contributed by atoms with Crippen molar-refractivity contribution in [1.29, 1.82) is 0 Å². The molecule has 0 aliphatic carbocycles. The van der Waals surface area contributed by atoms with Crippen LogP contribution in [0.1, 0.15) is 45.4 Å². The summed E-state index contributed by atoms with van der Waals surface area (Å²) in [6, 6.07) is 1.16. The van der Waals surface area contributed by atoms with Crippen LogP contribution in [0.4, 0.5) is 4.39 Å². The summed E-state index contributed by atoms with van der Waals surface area (Å²) in [6.45, 7) is 2.74. The predicted octanol–water partition coefficient (Wildman–Crippen LogP) is 2.00. The molecule has 9 heteroatoms. The lowest BCUT2D eigenvalue weighted by atomic mass is 10.0. The number of morpholine rings is 1. The molecule has 1 atom stereocenters. The Balaban J connectivity index is 1.39. The van der Waals surface area contributed by atoms with Crippen LogP contribution in [0.5, 0.6) is 5.75 Å². The van der Waals surface area contributed by atoms with Crippen LogP contribution in [0.15, 0.2) is 36.3 Å². The van der Waals surface area contributed by atoms with E-state index in [1.54, 1.807) is 12.1 Å². The van der Waals surface area contributed by atoms with Gasteiger partial charge in [0, 0.05) is 42.7 Å². The summed E-state index contributed by atoms with van der Waals surface area (Å²) in [7, 11) is 0. The van der Waals surface area contributed by atoms with E-state index in [1.165, 1.54) is 6.07 Å². The lowest BCUT2D eigenvalue weighted by Gasteiger charge is -2.29. The Hall–Kier alpha value is -3.30. The SMILES string of the molecule is [2H]c1c([2H])c(OCc2ccc(CN3CCOCC3)cc2F)c2c(c1[2H])C(=O)N(C1([2H])CCC(=O)NC1=O)C2. The highest BCUT2D eigenvalue weighted by Gasteiger charge is 2.40. The minimum absolute atomic E-state index is 0.0849. The van der Waals surface area contributed by atoms with Gasteiger partial charge < -0.3 is 14.4 Å². The maximum absolute atomic E-state index is 14.9. The number of amides is 3. The van der Waals surface area contributed by atoms with Gasteiger partial charge in [0.1, 0.15) is 24.2 Å². The fraction of sp³-hybridized carbons (Fsp3) is 0.400. The molecule has 2 saturated heterocycles. The highest BCUT2D eigenvalue weighted by Crippen LogP contribution is 2.34. The molecule has 2 aromatic carbocycles. The average Bonchev–Trinajstić information content (AvgIpc) is 3.24. The number of hydrogen-bond donors (Lipinski definition) is 1. The summed E-state index contributed by atoms with van der Waals surface area (Å²) in [6.07, 6.45) is -0.370. The maximum Gasteiger partial charge on any atom is 0.255 e. The van der Waals surface area contributed by atoms with E-state index in [4.69, 9.17) is 15.0 Å². The van der Waals surface area contributed by atoms with E-state index in [-0.39, 0.29) is 48.4 Å². The van der Waals surface area contributed by atoms with Crippen molar-refractivity contribution in [3.8, 4) is 5.75 Å². The minimum Gasteiger partial charge on any atom is -0.488 e. The van der Waals surface area contributed by atoms with Crippen molar-refractivity contribution in [1.82, 2.24) is 15.1 Å². The second kappa shape index (κ2) is 9.52. The molecular formula is C25H26FN3O5. The Morgan fingerprint density at radius 1 is 1.24 bits per heavy atom. The van der Waals surface area contributed by atoms with Gasteiger partial charge in [0.05, 0.1) is 25.2 Å². The van der Waals surface area contributed by atoms with E-state index in [0.29, 0.717) is 19.8 Å². The molecule has 2 fully saturated rings. The molecule has 34 heavy (non-hydrogen) atoms. The zero-order valence-corrected chi connectivity index (χ0v) is 18.4. The number of carbonyl (C=O) groups is 3. The Kier molecular flexibility index (Phi) is 5.06. The standard InChI is InChI=1S/C25H26FN3O5/c26-20-12-16(13-28-8-10-33-11-9-28)4-5-17(20)15-34-22-3-1-2-18-19(22)14-29(25(18)32)21-6-7-23(30)27-24(21)31/h1-5,12,21H,6-11,13-15H2,(H,27,30,31)/i1D,2D,3D,21D. The van der Waals surface area contributed by atoms with Crippen LogP contribution in [0.25, 0.3) is 0 Å². The van der Waals surface area contributed by atoms with Crippen LogP contribution in [0.3, 0.4) is 0 Å². The van der Waals surface area contributed by atoms with E-state index < -0.39 is 47.7 Å². The van der Waals surface area contributed by atoms with Gasteiger partial charge in [-0.2, -0.15) is 0 Å². The van der Waals surface area contributed by atoms with Gasteiger partial charge in [-0.1, -0.05) is 18.2 Å². The third kappa shape index (κ3) is 4.53. The molecule has 1 N–H and O–H groups in total. The fourth-order valence-corrected chi connectivity index (χ4v) is 4.29. The number of nitrogens with zero attached hydrogens (tertiary/aromatic N) is 2. The molecule has 1 unspecified atom stereocenters. The van der Waals surface area contributed by atoms with Gasteiger partial charge in [-0.15, -0.1) is 0 Å². The van der Waals surface area contributed by atoms with Gasteiger partial charge in [-0.3, -0.25) is 24.6 Å². The summed E-state index contributed by atoms with van der Waals surface area (Å²) in [5.41, 5.74) is 0.836. The van der Waals surface area contributed by atoms with Crippen molar-refractivity contribution in [3.63, 3.8) is 0 Å². The third-order valence-corrected chi connectivity index (χ3v) is 6.14. The quantitative estimate of drug-likeness (QED) is 0.649. The fourth-order valence-electron chi connectivity index (χ4n) is 4.29. The number of piperidine rings is 1. The molecule has 0 bridgehead atoms. The number of halogens is 1. The molecule has 3 heterocycles. The first-order chi connectivity index (χ1) is 18.1. The second-order valence-electron chi connectivity index (χ2n) is 8.38. The highest BCUT2D eigenvalue weighted by atomic mass is 19.1. The molecule has 5 rings (SSSR count). The Morgan fingerprint density at radius 2 is 2.06 bits per heavy atom. The molecular weight excluding hydrogens is 441 g/mol. The normalized spacial score (nSPS) is 24.7. The molecule has 178 valence electrons. The number of imide groups is 1. The van der Waals surface area contributed by atoms with Crippen LogP contribution in [-0.4, -0.2) is 59.8 Å². The van der Waals surface area contributed by atoms with Crippen LogP contribution in [-0.2, 0) is 34.0 Å². The number of ether oxygens (including phenoxy) is 2. The van der Waals surface area contributed by atoms with Crippen LogP contribution < -0.4 is 10.1 Å². The Labute approximate surface area is 202 Å². The highest BCUT2D eigenvalue weighted by molar-refractivity contribution is 6.05. The first-order valence-electron chi connectivity index (χ1n) is 13.1. The zero-order chi connectivity index (χ0) is 27.2. The van der Waals surface area contributed by atoms with Crippen molar-refractivity contribution >= 4 is 17.7 Å². The van der Waals surface area contributed by atoms with Crippen molar-refractivity contribution in [3.05, 3.63) is 64.4 Å². The maximum atomic E-state index is 14.9. The van der Waals surface area contributed by atoms with Gasteiger partial charge in [-0.05, 0) is 30.1 Å². The number of fused-ring (bicyclic) bond motifs is 1. The monoisotopic (exact) mass is 471 g/mol. The topological polar surface area (TPSA) is 88.2 Å². The number of nitrogens with one attached hydrogen (secondary N) is 1. The molecule has 3 amide bonds. The molecule has 3 aliphatic rings. The van der Waals surface area contributed by atoms with E-state index in [0.717, 1.165) is 23.6 Å². The lowest BCUT2D eigenvalue weighted by Crippen LogP contribution is -2.52. The summed E-state index contributed by atoms with van der Waals surface area (Å²) in [4.78, 5) is 40.4. The summed E-state index contributed by atoms with van der Waals surface area (Å²) >= 11 is 0. The summed E-state index contributed by atoms with van der Waals surface area (Å²) < 4.78 is 59.4.